The van der Waals surface area contributed by atoms with Gasteiger partial charge < -0.3 is 0 Å². The van der Waals surface area contributed by atoms with E-state index in [0.29, 0.717) is 17.2 Å². The molecule has 5 heteroatoms. The van der Waals surface area contributed by atoms with Gasteiger partial charge >= 0.3 is 0 Å². The molecular weight excluding hydrogens is 216 g/mol. The summed E-state index contributed by atoms with van der Waals surface area (Å²) in [5, 5.41) is 3.07. The lowest BCUT2D eigenvalue weighted by Gasteiger charge is -1.95. The quantitative estimate of drug-likeness (QED) is 0.629. The highest BCUT2D eigenvalue weighted by atomic mass is 16.3. The molecule has 0 bridgehead atoms. The Bertz CT molecular complexity index is 675. The van der Waals surface area contributed by atoms with Crippen LogP contribution >= 0.6 is 0 Å². The molecule has 0 saturated carbocycles. The lowest BCUT2D eigenvalue weighted by molar-refractivity contribution is 1.16. The van der Waals surface area contributed by atoms with E-state index < -0.39 is 0 Å². The molecule has 0 spiro atoms. The number of fused-ring (bicyclic) bond motifs is 1. The molecule has 5 nitrogen and oxygen atoms in total. The van der Waals surface area contributed by atoms with Crippen molar-refractivity contribution in [1.82, 2.24) is 14.4 Å². The second-order valence-electron chi connectivity index (χ2n) is 3.54. The minimum atomic E-state index is 0.312. The third kappa shape index (κ3) is 1.48. The van der Waals surface area contributed by atoms with E-state index in [1.807, 2.05) is 18.2 Å². The molecule has 17 heavy (non-hydrogen) atoms. The summed E-state index contributed by atoms with van der Waals surface area (Å²) in [6, 6.07) is 9.14. The average Bonchev–Trinajstić information content (AvgIpc) is 2.78. The van der Waals surface area contributed by atoms with Gasteiger partial charge in [0.15, 0.2) is 0 Å². The molecule has 0 aliphatic carbocycles. The largest absolute Gasteiger partial charge is 0.281 e. The predicted octanol–water partition coefficient (Wildman–Crippen LogP) is 2.79. The summed E-state index contributed by atoms with van der Waals surface area (Å²) in [4.78, 5) is 19.3. The first kappa shape index (κ1) is 9.65. The summed E-state index contributed by atoms with van der Waals surface area (Å²) in [6.07, 6.45) is 5.09. The molecule has 0 atom stereocenters. The lowest BCUT2D eigenvalue weighted by Crippen LogP contribution is -1.81. The van der Waals surface area contributed by atoms with Gasteiger partial charge in [0.2, 0.25) is 5.82 Å². The Labute approximate surface area is 96.7 Å². The first-order chi connectivity index (χ1) is 8.40. The van der Waals surface area contributed by atoms with Crippen LogP contribution < -0.4 is 0 Å². The van der Waals surface area contributed by atoms with E-state index in [0.717, 1.165) is 5.56 Å². The van der Waals surface area contributed by atoms with Gasteiger partial charge in [-0.15, -0.1) is 4.91 Å². The Hall–Kier alpha value is -2.56. The Morgan fingerprint density at radius 1 is 1.12 bits per heavy atom. The third-order valence-electron chi connectivity index (χ3n) is 2.54. The van der Waals surface area contributed by atoms with E-state index in [-0.39, 0.29) is 0 Å². The number of imidazole rings is 1. The van der Waals surface area contributed by atoms with Gasteiger partial charge in [-0.05, 0) is 29.4 Å². The van der Waals surface area contributed by atoms with Gasteiger partial charge in [0.1, 0.15) is 11.3 Å². The predicted molar refractivity (Wildman–Crippen MR) is 63.9 cm³/mol. The molecule has 3 aromatic heterocycles. The minimum absolute atomic E-state index is 0.312. The molecule has 0 aliphatic heterocycles. The summed E-state index contributed by atoms with van der Waals surface area (Å²) in [6.45, 7) is 0. The van der Waals surface area contributed by atoms with E-state index in [4.69, 9.17) is 0 Å². The maximum absolute atomic E-state index is 10.9. The zero-order valence-electron chi connectivity index (χ0n) is 8.82. The zero-order chi connectivity index (χ0) is 11.7. The third-order valence-corrected chi connectivity index (χ3v) is 2.54. The van der Waals surface area contributed by atoms with Crippen LogP contribution in [0.15, 0.2) is 54.1 Å². The van der Waals surface area contributed by atoms with Crippen LogP contribution in [0.5, 0.6) is 0 Å². The fraction of sp³-hybridized carbons (Fsp3) is 0. The van der Waals surface area contributed by atoms with Crippen molar-refractivity contribution in [3.8, 4) is 11.3 Å². The zero-order valence-corrected chi connectivity index (χ0v) is 8.82. The first-order valence-electron chi connectivity index (χ1n) is 5.11. The molecule has 3 heterocycles. The number of rotatable bonds is 2. The van der Waals surface area contributed by atoms with E-state index in [9.17, 15) is 4.91 Å². The van der Waals surface area contributed by atoms with Crippen LogP contribution in [-0.2, 0) is 0 Å². The molecule has 3 rings (SSSR count). The molecule has 82 valence electrons. The Balaban J connectivity index is 2.33. The highest BCUT2D eigenvalue weighted by Gasteiger charge is 2.13. The summed E-state index contributed by atoms with van der Waals surface area (Å²) < 4.78 is 1.67. The number of nitrogens with zero attached hydrogens (tertiary/aromatic N) is 4. The SMILES string of the molecule is O=Nc1c(-c2ccncc2)nc2ccccn12. The first-order valence-corrected chi connectivity index (χ1v) is 5.11. The van der Waals surface area contributed by atoms with Gasteiger partial charge in [-0.3, -0.25) is 9.38 Å². The topological polar surface area (TPSA) is 59.6 Å². The summed E-state index contributed by atoms with van der Waals surface area (Å²) in [7, 11) is 0. The number of pyridine rings is 2. The molecule has 0 radical (unpaired) electrons. The van der Waals surface area contributed by atoms with Crippen molar-refractivity contribution in [2.24, 2.45) is 5.18 Å². The van der Waals surface area contributed by atoms with Crippen LogP contribution in [0.1, 0.15) is 0 Å². The second kappa shape index (κ2) is 3.79. The van der Waals surface area contributed by atoms with Gasteiger partial charge in [0.05, 0.1) is 0 Å². The van der Waals surface area contributed by atoms with Gasteiger partial charge in [-0.2, -0.15) is 0 Å². The lowest BCUT2D eigenvalue weighted by atomic mass is 10.2. The van der Waals surface area contributed by atoms with Gasteiger partial charge in [-0.25, -0.2) is 4.98 Å². The van der Waals surface area contributed by atoms with Gasteiger partial charge in [0, 0.05) is 24.2 Å². The fourth-order valence-corrected chi connectivity index (χ4v) is 1.77. The minimum Gasteiger partial charge on any atom is -0.281 e. The molecule has 0 fully saturated rings. The molecule has 0 aliphatic rings. The molecule has 0 saturated heterocycles. The number of nitroso groups, excluding NO2 is 1. The fourth-order valence-electron chi connectivity index (χ4n) is 1.77. The van der Waals surface area contributed by atoms with Crippen molar-refractivity contribution in [2.75, 3.05) is 0 Å². The van der Waals surface area contributed by atoms with Crippen LogP contribution in [0.3, 0.4) is 0 Å². The molecular formula is C12H8N4O. The molecule has 0 N–H and O–H groups in total. The Kier molecular flexibility index (Phi) is 2.15. The highest BCUT2D eigenvalue weighted by molar-refractivity contribution is 5.74. The van der Waals surface area contributed by atoms with E-state index >= 15 is 0 Å². The van der Waals surface area contributed by atoms with E-state index in [2.05, 4.69) is 15.1 Å². The van der Waals surface area contributed by atoms with Crippen LogP contribution in [0.2, 0.25) is 0 Å². The van der Waals surface area contributed by atoms with Crippen molar-refractivity contribution >= 4 is 11.5 Å². The molecule has 0 amide bonds. The molecule has 3 aromatic rings. The Morgan fingerprint density at radius 3 is 2.71 bits per heavy atom. The number of hydrogen-bond donors (Lipinski definition) is 0. The molecule has 0 unspecified atom stereocenters. The van der Waals surface area contributed by atoms with Crippen LogP contribution in [-0.4, -0.2) is 14.4 Å². The second-order valence-corrected chi connectivity index (χ2v) is 3.54. The van der Waals surface area contributed by atoms with Gasteiger partial charge in [-0.1, -0.05) is 6.07 Å². The maximum Gasteiger partial charge on any atom is 0.209 e. The van der Waals surface area contributed by atoms with E-state index in [1.165, 1.54) is 0 Å². The number of aromatic nitrogens is 3. The summed E-state index contributed by atoms with van der Waals surface area (Å²) >= 11 is 0. The highest BCUT2D eigenvalue weighted by Crippen LogP contribution is 2.29. The van der Waals surface area contributed by atoms with Crippen molar-refractivity contribution < 1.29 is 0 Å². The van der Waals surface area contributed by atoms with Crippen molar-refractivity contribution in [2.45, 2.75) is 0 Å². The number of hydrogen-bond acceptors (Lipinski definition) is 4. The standard InChI is InChI=1S/C12H8N4O/c17-15-12-11(9-4-6-13-7-5-9)14-10-3-1-2-8-16(10)12/h1-8H. The van der Waals surface area contributed by atoms with Crippen LogP contribution in [0, 0.1) is 4.91 Å². The monoisotopic (exact) mass is 224 g/mol. The smallest absolute Gasteiger partial charge is 0.209 e. The van der Waals surface area contributed by atoms with E-state index in [1.54, 1.807) is 35.1 Å². The molecule has 0 aromatic carbocycles. The Morgan fingerprint density at radius 2 is 1.94 bits per heavy atom. The van der Waals surface area contributed by atoms with Crippen molar-refractivity contribution in [3.63, 3.8) is 0 Å². The van der Waals surface area contributed by atoms with Crippen LogP contribution in [0.25, 0.3) is 16.9 Å². The van der Waals surface area contributed by atoms with Crippen molar-refractivity contribution in [1.29, 1.82) is 0 Å². The maximum atomic E-state index is 10.9. The normalized spacial score (nSPS) is 10.6. The van der Waals surface area contributed by atoms with Crippen LogP contribution in [0.4, 0.5) is 5.82 Å². The summed E-state index contributed by atoms with van der Waals surface area (Å²) in [5.41, 5.74) is 2.11. The van der Waals surface area contributed by atoms with Gasteiger partial charge in [0.25, 0.3) is 0 Å². The average molecular weight is 224 g/mol. The summed E-state index contributed by atoms with van der Waals surface area (Å²) in [5.74, 6) is 0.312. The van der Waals surface area contributed by atoms with Crippen molar-refractivity contribution in [3.05, 3.63) is 53.8 Å².